The fraction of sp³-hybridized carbons (Fsp3) is 0. The zero-order valence-corrected chi connectivity index (χ0v) is 36.8. The summed E-state index contributed by atoms with van der Waals surface area (Å²) >= 11 is 1.86. The predicted molar refractivity (Wildman–Crippen MR) is 286 cm³/mol. The van der Waals surface area contributed by atoms with Crippen molar-refractivity contribution in [1.29, 1.82) is 0 Å². The predicted octanol–water partition coefficient (Wildman–Crippen LogP) is 18.8. The first-order chi connectivity index (χ1) is 32.8. The van der Waals surface area contributed by atoms with Gasteiger partial charge in [-0.05, 0) is 124 Å². The van der Waals surface area contributed by atoms with Crippen molar-refractivity contribution >= 4 is 91.7 Å². The Labute approximate surface area is 387 Å². The normalized spacial score (nSPS) is 11.6. The SMILES string of the molecule is c1ccc(-c2c(-c3ccccc3)c3cc(-c4ccccc4N(c4ccc(-c5cccc6c5ccc5ccccc56)cc4)c4cccc5sc6ccccc6c45)ccc3c3ccccc23)cc1. The van der Waals surface area contributed by atoms with Crippen LogP contribution in [0.25, 0.3) is 108 Å². The maximum absolute atomic E-state index is 2.50. The number of hydrogen-bond acceptors (Lipinski definition) is 2. The van der Waals surface area contributed by atoms with Crippen LogP contribution in [0.5, 0.6) is 0 Å². The molecule has 0 spiro atoms. The van der Waals surface area contributed by atoms with Gasteiger partial charge >= 0.3 is 0 Å². The van der Waals surface area contributed by atoms with Gasteiger partial charge in [-0.1, -0.05) is 206 Å². The number of fused-ring (bicyclic) bond motifs is 9. The summed E-state index contributed by atoms with van der Waals surface area (Å²) in [5.74, 6) is 0. The van der Waals surface area contributed by atoms with E-state index in [0.717, 1.165) is 28.2 Å². The van der Waals surface area contributed by atoms with Crippen LogP contribution in [0.2, 0.25) is 0 Å². The largest absolute Gasteiger partial charge is 0.309 e. The zero-order valence-electron chi connectivity index (χ0n) is 36.0. The van der Waals surface area contributed by atoms with Crippen LogP contribution < -0.4 is 4.90 Å². The van der Waals surface area contributed by atoms with Crippen molar-refractivity contribution in [1.82, 2.24) is 0 Å². The van der Waals surface area contributed by atoms with Crippen molar-refractivity contribution in [2.24, 2.45) is 0 Å². The van der Waals surface area contributed by atoms with Crippen molar-refractivity contribution in [3.05, 3.63) is 249 Å². The van der Waals surface area contributed by atoms with Gasteiger partial charge in [0.15, 0.2) is 0 Å². The summed E-state index contributed by atoms with van der Waals surface area (Å²) in [7, 11) is 0. The van der Waals surface area contributed by atoms with E-state index >= 15 is 0 Å². The number of nitrogens with zero attached hydrogens (tertiary/aromatic N) is 1. The van der Waals surface area contributed by atoms with Gasteiger partial charge < -0.3 is 4.90 Å². The third-order valence-corrected chi connectivity index (χ3v) is 14.6. The first kappa shape index (κ1) is 38.2. The number of benzene rings is 12. The third kappa shape index (κ3) is 6.22. The van der Waals surface area contributed by atoms with E-state index < -0.39 is 0 Å². The lowest BCUT2D eigenvalue weighted by Gasteiger charge is -2.29. The smallest absolute Gasteiger partial charge is 0.0555 e. The second kappa shape index (κ2) is 15.7. The molecule has 0 saturated carbocycles. The van der Waals surface area contributed by atoms with Gasteiger partial charge in [0.25, 0.3) is 0 Å². The summed E-state index contributed by atoms with van der Waals surface area (Å²) in [5.41, 5.74) is 13.0. The molecule has 12 aromatic carbocycles. The molecule has 0 unspecified atom stereocenters. The highest BCUT2D eigenvalue weighted by atomic mass is 32.1. The van der Waals surface area contributed by atoms with Gasteiger partial charge in [-0.25, -0.2) is 0 Å². The van der Waals surface area contributed by atoms with Crippen LogP contribution in [0.1, 0.15) is 0 Å². The van der Waals surface area contributed by atoms with Crippen molar-refractivity contribution in [3.63, 3.8) is 0 Å². The third-order valence-electron chi connectivity index (χ3n) is 13.5. The van der Waals surface area contributed by atoms with E-state index in [4.69, 9.17) is 0 Å². The van der Waals surface area contributed by atoms with Crippen LogP contribution in [0, 0.1) is 0 Å². The number of hydrogen-bond donors (Lipinski definition) is 0. The van der Waals surface area contributed by atoms with Gasteiger partial charge in [-0.2, -0.15) is 0 Å². The molecule has 1 aromatic heterocycles. The average molecular weight is 856 g/mol. The second-order valence-electron chi connectivity index (χ2n) is 17.1. The molecule has 0 aliphatic heterocycles. The van der Waals surface area contributed by atoms with Crippen LogP contribution >= 0.6 is 11.3 Å². The summed E-state index contributed by atoms with van der Waals surface area (Å²) in [6.45, 7) is 0. The fourth-order valence-corrected chi connectivity index (χ4v) is 11.6. The van der Waals surface area contributed by atoms with Gasteiger partial charge in [-0.15, -0.1) is 11.3 Å². The summed E-state index contributed by atoms with van der Waals surface area (Å²) in [6, 6.07) is 91.6. The zero-order chi connectivity index (χ0) is 43.6. The minimum Gasteiger partial charge on any atom is -0.309 e. The Balaban J connectivity index is 1.04. The Morgan fingerprint density at radius 2 is 0.803 bits per heavy atom. The van der Waals surface area contributed by atoms with Gasteiger partial charge in [0.05, 0.1) is 11.4 Å². The van der Waals surface area contributed by atoms with E-state index in [1.165, 1.54) is 96.6 Å². The maximum Gasteiger partial charge on any atom is 0.0555 e. The van der Waals surface area contributed by atoms with E-state index in [-0.39, 0.29) is 0 Å². The molecule has 0 aliphatic rings. The molecule has 308 valence electrons. The number of anilines is 3. The monoisotopic (exact) mass is 855 g/mol. The first-order valence-electron chi connectivity index (χ1n) is 22.7. The Kier molecular flexibility index (Phi) is 9.11. The Morgan fingerprint density at radius 1 is 0.273 bits per heavy atom. The molecule has 66 heavy (non-hydrogen) atoms. The lowest BCUT2D eigenvalue weighted by Crippen LogP contribution is -2.11. The molecule has 0 saturated heterocycles. The van der Waals surface area contributed by atoms with Crippen molar-refractivity contribution in [2.75, 3.05) is 4.90 Å². The number of para-hydroxylation sites is 1. The van der Waals surface area contributed by atoms with Gasteiger partial charge in [0.1, 0.15) is 0 Å². The molecule has 0 fully saturated rings. The van der Waals surface area contributed by atoms with E-state index in [1.54, 1.807) is 0 Å². The molecule has 0 aliphatic carbocycles. The molecule has 0 bridgehead atoms. The molecule has 1 nitrogen and oxygen atoms in total. The minimum atomic E-state index is 1.10. The topological polar surface area (TPSA) is 3.24 Å². The molecule has 13 aromatic rings. The molecule has 0 amide bonds. The fourth-order valence-electron chi connectivity index (χ4n) is 10.5. The van der Waals surface area contributed by atoms with Gasteiger partial charge in [-0.3, -0.25) is 0 Å². The number of thiophene rings is 1. The molecule has 0 atom stereocenters. The lowest BCUT2D eigenvalue weighted by molar-refractivity contribution is 1.30. The van der Waals surface area contributed by atoms with E-state index in [9.17, 15) is 0 Å². The van der Waals surface area contributed by atoms with Crippen molar-refractivity contribution in [3.8, 4) is 44.5 Å². The molecular weight excluding hydrogens is 815 g/mol. The quantitative estimate of drug-likeness (QED) is 0.144. The highest BCUT2D eigenvalue weighted by molar-refractivity contribution is 7.26. The standard InChI is InChI=1S/C64H41NS/c1-3-18-44(19-4-1)62-55-25-10-9-24-52(55)54-40-36-46(41-57(54)63(62)45-20-5-2-6-21-45)50-23-11-13-29-58(50)65(59-30-16-32-61-64(59)56-26-12-14-31-60(56)66-61)47-37-33-43(34-38-47)49-27-15-28-51-48-22-8-7-17-42(48)35-39-53(49)51/h1-41H. The van der Waals surface area contributed by atoms with Crippen LogP contribution in [0.3, 0.4) is 0 Å². The average Bonchev–Trinajstić information content (AvgIpc) is 3.78. The summed E-state index contributed by atoms with van der Waals surface area (Å²) in [5, 5.41) is 12.6. The summed E-state index contributed by atoms with van der Waals surface area (Å²) in [6.07, 6.45) is 0. The second-order valence-corrected chi connectivity index (χ2v) is 18.2. The highest BCUT2D eigenvalue weighted by Crippen LogP contribution is 2.50. The van der Waals surface area contributed by atoms with Gasteiger partial charge in [0.2, 0.25) is 0 Å². The van der Waals surface area contributed by atoms with E-state index in [2.05, 4.69) is 254 Å². The molecule has 1 heterocycles. The van der Waals surface area contributed by atoms with Crippen molar-refractivity contribution < 1.29 is 0 Å². The van der Waals surface area contributed by atoms with Gasteiger partial charge in [0, 0.05) is 31.4 Å². The number of rotatable bonds is 7. The molecule has 2 heteroatoms. The van der Waals surface area contributed by atoms with Crippen LogP contribution in [-0.4, -0.2) is 0 Å². The molecule has 13 rings (SSSR count). The summed E-state index contributed by atoms with van der Waals surface area (Å²) < 4.78 is 2.56. The Morgan fingerprint density at radius 3 is 1.61 bits per heavy atom. The first-order valence-corrected chi connectivity index (χ1v) is 23.5. The molecule has 0 radical (unpaired) electrons. The molecular formula is C64H41NS. The van der Waals surface area contributed by atoms with Crippen LogP contribution in [-0.2, 0) is 0 Å². The van der Waals surface area contributed by atoms with Crippen molar-refractivity contribution in [2.45, 2.75) is 0 Å². The highest BCUT2D eigenvalue weighted by Gasteiger charge is 2.23. The van der Waals surface area contributed by atoms with E-state index in [1.807, 2.05) is 11.3 Å². The molecule has 0 N–H and O–H groups in total. The van der Waals surface area contributed by atoms with E-state index in [0.29, 0.717) is 0 Å². The van der Waals surface area contributed by atoms with Crippen LogP contribution in [0.4, 0.5) is 17.1 Å². The minimum absolute atomic E-state index is 1.10. The van der Waals surface area contributed by atoms with Crippen LogP contribution in [0.15, 0.2) is 249 Å². The Bertz CT molecular complexity index is 3980. The lowest BCUT2D eigenvalue weighted by atomic mass is 9.84. The maximum atomic E-state index is 2.50. The Hall–Kier alpha value is -8.30. The summed E-state index contributed by atoms with van der Waals surface area (Å²) in [4.78, 5) is 2.50.